The Morgan fingerprint density at radius 1 is 1.56 bits per heavy atom. The summed E-state index contributed by atoms with van der Waals surface area (Å²) in [4.78, 5) is 0. The van der Waals surface area contributed by atoms with E-state index in [0.29, 0.717) is 6.42 Å². The van der Waals surface area contributed by atoms with E-state index in [0.717, 1.165) is 13.0 Å². The van der Waals surface area contributed by atoms with Crippen molar-refractivity contribution >= 4 is 0 Å². The van der Waals surface area contributed by atoms with Crippen LogP contribution in [-0.2, 0) is 9.47 Å². The lowest BCUT2D eigenvalue weighted by Crippen LogP contribution is -2.14. The summed E-state index contributed by atoms with van der Waals surface area (Å²) in [6.07, 6.45) is 1.60. The quantitative estimate of drug-likeness (QED) is 0.528. The molecule has 9 heavy (non-hydrogen) atoms. The predicted molar refractivity (Wildman–Crippen MR) is 37.0 cm³/mol. The SMILES string of the molecule is [CH2]CC(OC)OCCC. The molecule has 0 aromatic carbocycles. The molecular formula is C7H15O2. The van der Waals surface area contributed by atoms with Crippen molar-refractivity contribution in [3.8, 4) is 0 Å². The third-order valence-electron chi connectivity index (χ3n) is 1.01. The summed E-state index contributed by atoms with van der Waals surface area (Å²) in [5, 5.41) is 0. The summed E-state index contributed by atoms with van der Waals surface area (Å²) in [5.41, 5.74) is 0. The van der Waals surface area contributed by atoms with Crippen molar-refractivity contribution in [3.05, 3.63) is 6.92 Å². The van der Waals surface area contributed by atoms with Crippen LogP contribution in [0.2, 0.25) is 0 Å². The van der Waals surface area contributed by atoms with Crippen LogP contribution in [0.3, 0.4) is 0 Å². The highest BCUT2D eigenvalue weighted by atomic mass is 16.7. The molecule has 0 spiro atoms. The van der Waals surface area contributed by atoms with E-state index in [1.54, 1.807) is 7.11 Å². The highest BCUT2D eigenvalue weighted by Crippen LogP contribution is 1.97. The topological polar surface area (TPSA) is 18.5 Å². The minimum atomic E-state index is -0.107. The predicted octanol–water partition coefficient (Wildman–Crippen LogP) is 1.61. The number of hydrogen-bond donors (Lipinski definition) is 0. The van der Waals surface area contributed by atoms with Crippen LogP contribution in [0.15, 0.2) is 0 Å². The lowest BCUT2D eigenvalue weighted by atomic mass is 10.4. The third kappa shape index (κ3) is 4.43. The van der Waals surface area contributed by atoms with Gasteiger partial charge in [-0.15, -0.1) is 0 Å². The Morgan fingerprint density at radius 3 is 2.56 bits per heavy atom. The van der Waals surface area contributed by atoms with Crippen LogP contribution in [0, 0.1) is 6.92 Å². The molecule has 1 atom stereocenters. The summed E-state index contributed by atoms with van der Waals surface area (Å²) in [7, 11) is 1.63. The van der Waals surface area contributed by atoms with Crippen LogP contribution in [0.5, 0.6) is 0 Å². The zero-order chi connectivity index (χ0) is 7.11. The van der Waals surface area contributed by atoms with Gasteiger partial charge in [0.05, 0.1) is 0 Å². The molecule has 2 nitrogen and oxygen atoms in total. The van der Waals surface area contributed by atoms with Gasteiger partial charge >= 0.3 is 0 Å². The number of hydrogen-bond acceptors (Lipinski definition) is 2. The lowest BCUT2D eigenvalue weighted by Gasteiger charge is -2.12. The van der Waals surface area contributed by atoms with E-state index in [2.05, 4.69) is 13.8 Å². The normalized spacial score (nSPS) is 13.7. The summed E-state index contributed by atoms with van der Waals surface area (Å²) in [6, 6.07) is 0. The van der Waals surface area contributed by atoms with Crippen molar-refractivity contribution in [2.75, 3.05) is 13.7 Å². The average molecular weight is 131 g/mol. The molecule has 1 unspecified atom stereocenters. The van der Waals surface area contributed by atoms with Gasteiger partial charge in [-0.3, -0.25) is 0 Å². The molecule has 0 aromatic rings. The molecule has 0 saturated heterocycles. The Balaban J connectivity index is 3.09. The monoisotopic (exact) mass is 131 g/mol. The van der Waals surface area contributed by atoms with Crippen LogP contribution in [-0.4, -0.2) is 20.0 Å². The Bertz CT molecular complexity index is 50.9. The van der Waals surface area contributed by atoms with E-state index in [-0.39, 0.29) is 6.29 Å². The lowest BCUT2D eigenvalue weighted by molar-refractivity contribution is -0.121. The minimum absolute atomic E-state index is 0.107. The maximum Gasteiger partial charge on any atom is 0.157 e. The third-order valence-corrected chi connectivity index (χ3v) is 1.01. The van der Waals surface area contributed by atoms with Crippen molar-refractivity contribution in [2.24, 2.45) is 0 Å². The maximum atomic E-state index is 5.20. The molecule has 0 bridgehead atoms. The van der Waals surface area contributed by atoms with E-state index in [1.807, 2.05) is 0 Å². The molecule has 0 fully saturated rings. The number of methoxy groups -OCH3 is 1. The number of rotatable bonds is 5. The molecule has 0 aromatic heterocycles. The van der Waals surface area contributed by atoms with E-state index in [4.69, 9.17) is 9.47 Å². The Hall–Kier alpha value is -0.0800. The van der Waals surface area contributed by atoms with Crippen LogP contribution in [0.25, 0.3) is 0 Å². The van der Waals surface area contributed by atoms with Gasteiger partial charge < -0.3 is 9.47 Å². The molecule has 1 radical (unpaired) electrons. The van der Waals surface area contributed by atoms with E-state index in [9.17, 15) is 0 Å². The highest BCUT2D eigenvalue weighted by Gasteiger charge is 2.00. The second-order valence-electron chi connectivity index (χ2n) is 1.82. The van der Waals surface area contributed by atoms with Crippen LogP contribution in [0.4, 0.5) is 0 Å². The van der Waals surface area contributed by atoms with Gasteiger partial charge in [0.25, 0.3) is 0 Å². The molecule has 0 aliphatic carbocycles. The van der Waals surface area contributed by atoms with Gasteiger partial charge in [0, 0.05) is 13.7 Å². The van der Waals surface area contributed by atoms with Crippen molar-refractivity contribution in [3.63, 3.8) is 0 Å². The van der Waals surface area contributed by atoms with Gasteiger partial charge in [0.2, 0.25) is 0 Å². The van der Waals surface area contributed by atoms with Crippen molar-refractivity contribution in [1.82, 2.24) is 0 Å². The van der Waals surface area contributed by atoms with Gasteiger partial charge in [-0.1, -0.05) is 6.92 Å². The molecule has 0 aliphatic heterocycles. The molecule has 2 heteroatoms. The molecule has 0 rings (SSSR count). The Morgan fingerprint density at radius 2 is 2.22 bits per heavy atom. The molecule has 0 aliphatic rings. The van der Waals surface area contributed by atoms with E-state index >= 15 is 0 Å². The van der Waals surface area contributed by atoms with E-state index < -0.39 is 0 Å². The van der Waals surface area contributed by atoms with Gasteiger partial charge in [-0.2, -0.15) is 0 Å². The largest absolute Gasteiger partial charge is 0.356 e. The zero-order valence-corrected chi connectivity index (χ0v) is 6.22. The van der Waals surface area contributed by atoms with Crippen molar-refractivity contribution in [2.45, 2.75) is 26.1 Å². The average Bonchev–Trinajstić information content (AvgIpc) is 1.91. The van der Waals surface area contributed by atoms with Crippen LogP contribution < -0.4 is 0 Å². The smallest absolute Gasteiger partial charge is 0.157 e. The molecule has 0 amide bonds. The minimum Gasteiger partial charge on any atom is -0.356 e. The zero-order valence-electron chi connectivity index (χ0n) is 6.22. The fraction of sp³-hybridized carbons (Fsp3) is 0.857. The van der Waals surface area contributed by atoms with Gasteiger partial charge in [-0.05, 0) is 19.8 Å². The second-order valence-corrected chi connectivity index (χ2v) is 1.82. The standard InChI is InChI=1S/C7H15O2/c1-4-6-9-7(5-2)8-3/h7H,2,4-6H2,1,3H3. The molecule has 0 N–H and O–H groups in total. The highest BCUT2D eigenvalue weighted by molar-refractivity contribution is 4.44. The van der Waals surface area contributed by atoms with Gasteiger partial charge in [0.1, 0.15) is 0 Å². The fourth-order valence-electron chi connectivity index (χ4n) is 0.519. The first-order valence-electron chi connectivity index (χ1n) is 3.28. The summed E-state index contributed by atoms with van der Waals surface area (Å²) in [6.45, 7) is 6.48. The number of ether oxygens (including phenoxy) is 2. The van der Waals surface area contributed by atoms with E-state index in [1.165, 1.54) is 0 Å². The van der Waals surface area contributed by atoms with Gasteiger partial charge in [-0.25, -0.2) is 0 Å². The first kappa shape index (κ1) is 8.92. The molecule has 0 heterocycles. The summed E-state index contributed by atoms with van der Waals surface area (Å²) >= 11 is 0. The Kier molecular flexibility index (Phi) is 5.99. The van der Waals surface area contributed by atoms with Crippen LogP contribution >= 0.6 is 0 Å². The first-order chi connectivity index (χ1) is 4.35. The second kappa shape index (κ2) is 6.05. The molecular weight excluding hydrogens is 116 g/mol. The summed E-state index contributed by atoms with van der Waals surface area (Å²) < 4.78 is 10.1. The molecule has 0 saturated carbocycles. The molecule has 55 valence electrons. The van der Waals surface area contributed by atoms with Gasteiger partial charge in [0.15, 0.2) is 6.29 Å². The Labute approximate surface area is 57.2 Å². The maximum absolute atomic E-state index is 5.20. The van der Waals surface area contributed by atoms with Crippen LogP contribution in [0.1, 0.15) is 19.8 Å². The fourth-order valence-corrected chi connectivity index (χ4v) is 0.519. The first-order valence-corrected chi connectivity index (χ1v) is 3.28. The summed E-state index contributed by atoms with van der Waals surface area (Å²) in [5.74, 6) is 0. The van der Waals surface area contributed by atoms with Crippen molar-refractivity contribution < 1.29 is 9.47 Å². The van der Waals surface area contributed by atoms with Crippen molar-refractivity contribution in [1.29, 1.82) is 0 Å².